The molecule has 0 bridgehead atoms. The lowest BCUT2D eigenvalue weighted by Crippen LogP contribution is -2.26. The Morgan fingerprint density at radius 2 is 2.00 bits per heavy atom. The van der Waals surface area contributed by atoms with Crippen LogP contribution in [-0.4, -0.2) is 11.6 Å². The van der Waals surface area contributed by atoms with E-state index in [1.807, 2.05) is 24.3 Å². The third-order valence-electron chi connectivity index (χ3n) is 2.37. The number of anilines is 1. The molecule has 1 amide bonds. The fourth-order valence-electron chi connectivity index (χ4n) is 1.51. The Labute approximate surface area is 88.2 Å². The van der Waals surface area contributed by atoms with E-state index in [4.69, 9.17) is 5.73 Å². The number of amides is 1. The van der Waals surface area contributed by atoms with Crippen LogP contribution in [0.15, 0.2) is 29.4 Å². The van der Waals surface area contributed by atoms with Gasteiger partial charge in [-0.05, 0) is 24.1 Å². The highest BCUT2D eigenvalue weighted by Crippen LogP contribution is 2.10. The molecule has 1 aromatic carbocycles. The molecule has 1 aliphatic heterocycles. The average molecular weight is 203 g/mol. The van der Waals surface area contributed by atoms with E-state index in [9.17, 15) is 4.79 Å². The van der Waals surface area contributed by atoms with Crippen LogP contribution in [0.4, 0.5) is 5.69 Å². The quantitative estimate of drug-likeness (QED) is 0.706. The highest BCUT2D eigenvalue weighted by atomic mass is 16.2. The van der Waals surface area contributed by atoms with Crippen molar-refractivity contribution in [3.8, 4) is 0 Å². The van der Waals surface area contributed by atoms with Crippen LogP contribution in [-0.2, 0) is 11.2 Å². The largest absolute Gasteiger partial charge is 0.399 e. The third kappa shape index (κ3) is 2.56. The van der Waals surface area contributed by atoms with Crippen LogP contribution < -0.4 is 11.2 Å². The lowest BCUT2D eigenvalue weighted by Gasteiger charge is -2.11. The monoisotopic (exact) mass is 203 g/mol. The van der Waals surface area contributed by atoms with Crippen LogP contribution in [0.1, 0.15) is 18.4 Å². The third-order valence-corrected chi connectivity index (χ3v) is 2.37. The number of hydrogen-bond donors (Lipinski definition) is 2. The molecule has 4 heteroatoms. The second-order valence-corrected chi connectivity index (χ2v) is 3.63. The highest BCUT2D eigenvalue weighted by molar-refractivity contribution is 5.93. The van der Waals surface area contributed by atoms with E-state index in [1.54, 1.807) is 0 Å². The van der Waals surface area contributed by atoms with Gasteiger partial charge in [0.2, 0.25) is 5.91 Å². The smallest absolute Gasteiger partial charge is 0.240 e. The molecule has 0 saturated carbocycles. The second-order valence-electron chi connectivity index (χ2n) is 3.63. The molecule has 0 saturated heterocycles. The van der Waals surface area contributed by atoms with Gasteiger partial charge in [0.15, 0.2) is 0 Å². The van der Waals surface area contributed by atoms with E-state index in [0.29, 0.717) is 6.42 Å². The van der Waals surface area contributed by atoms with Gasteiger partial charge >= 0.3 is 0 Å². The summed E-state index contributed by atoms with van der Waals surface area (Å²) in [5, 5.41) is 4.01. The Morgan fingerprint density at radius 3 is 2.60 bits per heavy atom. The first kappa shape index (κ1) is 9.71. The van der Waals surface area contributed by atoms with Gasteiger partial charge in [-0.3, -0.25) is 4.79 Å². The topological polar surface area (TPSA) is 67.5 Å². The van der Waals surface area contributed by atoms with Crippen molar-refractivity contribution in [1.29, 1.82) is 0 Å². The predicted octanol–water partition coefficient (Wildman–Crippen LogP) is 1.08. The maximum absolute atomic E-state index is 10.9. The Balaban J connectivity index is 2.03. The number of benzene rings is 1. The Bertz CT molecular complexity index is 395. The summed E-state index contributed by atoms with van der Waals surface area (Å²) in [5.74, 6) is -0.00365. The van der Waals surface area contributed by atoms with Gasteiger partial charge in [0, 0.05) is 24.2 Å². The van der Waals surface area contributed by atoms with Crippen LogP contribution in [0, 0.1) is 0 Å². The van der Waals surface area contributed by atoms with Crippen molar-refractivity contribution in [3.05, 3.63) is 29.8 Å². The maximum Gasteiger partial charge on any atom is 0.240 e. The SMILES string of the molecule is Nc1ccc(CC2=NNC(=O)CC2)cc1. The molecule has 4 nitrogen and oxygen atoms in total. The molecule has 1 heterocycles. The lowest BCUT2D eigenvalue weighted by atomic mass is 10.0. The van der Waals surface area contributed by atoms with Gasteiger partial charge in [-0.15, -0.1) is 0 Å². The normalized spacial score (nSPS) is 15.7. The highest BCUT2D eigenvalue weighted by Gasteiger charge is 2.11. The average Bonchev–Trinajstić information content (AvgIpc) is 2.25. The van der Waals surface area contributed by atoms with Crippen molar-refractivity contribution in [2.45, 2.75) is 19.3 Å². The number of carbonyl (C=O) groups excluding carboxylic acids is 1. The molecule has 1 aromatic rings. The van der Waals surface area contributed by atoms with Gasteiger partial charge in [-0.1, -0.05) is 12.1 Å². The van der Waals surface area contributed by atoms with Gasteiger partial charge in [0.05, 0.1) is 0 Å². The first-order valence-electron chi connectivity index (χ1n) is 4.93. The van der Waals surface area contributed by atoms with Crippen molar-refractivity contribution in [1.82, 2.24) is 5.43 Å². The number of nitrogen functional groups attached to an aromatic ring is 1. The van der Waals surface area contributed by atoms with Crippen LogP contribution in [0.5, 0.6) is 0 Å². The first-order valence-corrected chi connectivity index (χ1v) is 4.93. The minimum absolute atomic E-state index is 0.00365. The molecule has 0 atom stereocenters. The minimum Gasteiger partial charge on any atom is -0.399 e. The molecule has 0 fully saturated rings. The van der Waals surface area contributed by atoms with Crippen molar-refractivity contribution < 1.29 is 4.79 Å². The molecule has 0 radical (unpaired) electrons. The molecule has 2 rings (SSSR count). The summed E-state index contributed by atoms with van der Waals surface area (Å²) in [4.78, 5) is 10.9. The van der Waals surface area contributed by atoms with Crippen molar-refractivity contribution in [3.63, 3.8) is 0 Å². The summed E-state index contributed by atoms with van der Waals surface area (Å²) < 4.78 is 0. The lowest BCUT2D eigenvalue weighted by molar-refractivity contribution is -0.121. The van der Waals surface area contributed by atoms with E-state index in [-0.39, 0.29) is 5.91 Å². The molecular weight excluding hydrogens is 190 g/mol. The second kappa shape index (κ2) is 4.13. The van der Waals surface area contributed by atoms with Crippen molar-refractivity contribution >= 4 is 17.3 Å². The maximum atomic E-state index is 10.9. The Kier molecular flexibility index (Phi) is 2.67. The molecule has 78 valence electrons. The molecule has 1 aliphatic rings. The number of carbonyl (C=O) groups is 1. The summed E-state index contributed by atoms with van der Waals surface area (Å²) in [6.07, 6.45) is 2.06. The van der Waals surface area contributed by atoms with E-state index < -0.39 is 0 Å². The molecule has 0 spiro atoms. The summed E-state index contributed by atoms with van der Waals surface area (Å²) >= 11 is 0. The Morgan fingerprint density at radius 1 is 1.27 bits per heavy atom. The number of rotatable bonds is 2. The zero-order chi connectivity index (χ0) is 10.7. The van der Waals surface area contributed by atoms with Crippen molar-refractivity contribution in [2.75, 3.05) is 5.73 Å². The van der Waals surface area contributed by atoms with E-state index in [2.05, 4.69) is 10.5 Å². The summed E-state index contributed by atoms with van der Waals surface area (Å²) in [6.45, 7) is 0. The van der Waals surface area contributed by atoms with Crippen LogP contribution in [0.3, 0.4) is 0 Å². The standard InChI is InChI=1S/C11H13N3O/c12-9-3-1-8(2-4-9)7-10-5-6-11(15)14-13-10/h1-4H,5-7,12H2,(H,14,15). The number of hydrogen-bond acceptors (Lipinski definition) is 3. The van der Waals surface area contributed by atoms with Gasteiger partial charge in [0.25, 0.3) is 0 Å². The van der Waals surface area contributed by atoms with Crippen LogP contribution in [0.25, 0.3) is 0 Å². The predicted molar refractivity (Wildman–Crippen MR) is 59.4 cm³/mol. The Hall–Kier alpha value is -1.84. The number of nitrogens with two attached hydrogens (primary N) is 1. The fraction of sp³-hybridized carbons (Fsp3) is 0.273. The fourth-order valence-corrected chi connectivity index (χ4v) is 1.51. The van der Waals surface area contributed by atoms with Gasteiger partial charge in [0.1, 0.15) is 0 Å². The number of nitrogens with one attached hydrogen (secondary N) is 1. The molecule has 0 aromatic heterocycles. The van der Waals surface area contributed by atoms with Crippen LogP contribution >= 0.6 is 0 Å². The molecule has 0 unspecified atom stereocenters. The van der Waals surface area contributed by atoms with E-state index >= 15 is 0 Å². The first-order chi connectivity index (χ1) is 7.24. The summed E-state index contributed by atoms with van der Waals surface area (Å²) in [5.41, 5.74) is 11.0. The summed E-state index contributed by atoms with van der Waals surface area (Å²) in [7, 11) is 0. The zero-order valence-corrected chi connectivity index (χ0v) is 8.36. The molecule has 0 aliphatic carbocycles. The zero-order valence-electron chi connectivity index (χ0n) is 8.36. The van der Waals surface area contributed by atoms with E-state index in [1.165, 1.54) is 5.56 Å². The molecule has 15 heavy (non-hydrogen) atoms. The molecular formula is C11H13N3O. The minimum atomic E-state index is -0.00365. The number of hydrazone groups is 1. The van der Waals surface area contributed by atoms with Gasteiger partial charge < -0.3 is 5.73 Å². The van der Waals surface area contributed by atoms with Gasteiger partial charge in [-0.25, -0.2) is 5.43 Å². The van der Waals surface area contributed by atoms with Gasteiger partial charge in [-0.2, -0.15) is 5.10 Å². The van der Waals surface area contributed by atoms with Crippen LogP contribution in [0.2, 0.25) is 0 Å². The van der Waals surface area contributed by atoms with Crippen molar-refractivity contribution in [2.24, 2.45) is 5.10 Å². The summed E-state index contributed by atoms with van der Waals surface area (Å²) in [6, 6.07) is 7.71. The number of nitrogens with zero attached hydrogens (tertiary/aromatic N) is 1. The molecule has 3 N–H and O–H groups in total. The van der Waals surface area contributed by atoms with E-state index in [0.717, 1.165) is 24.2 Å².